The van der Waals surface area contributed by atoms with Crippen molar-refractivity contribution in [1.82, 2.24) is 0 Å². The van der Waals surface area contributed by atoms with Crippen molar-refractivity contribution < 1.29 is 9.90 Å². The highest BCUT2D eigenvalue weighted by Crippen LogP contribution is 2.20. The van der Waals surface area contributed by atoms with Crippen molar-refractivity contribution in [3.05, 3.63) is 63.1 Å². The molecule has 0 saturated heterocycles. The van der Waals surface area contributed by atoms with E-state index in [0.717, 1.165) is 15.7 Å². The summed E-state index contributed by atoms with van der Waals surface area (Å²) < 4.78 is 0.996. The lowest BCUT2D eigenvalue weighted by atomic mass is 10.1. The zero-order chi connectivity index (χ0) is 15.4. The topological polar surface area (TPSA) is 61.7 Å². The van der Waals surface area contributed by atoms with Gasteiger partial charge >= 0.3 is 5.97 Å². The van der Waals surface area contributed by atoms with Crippen molar-refractivity contribution in [3.63, 3.8) is 0 Å². The molecule has 0 atom stereocenters. The van der Waals surface area contributed by atoms with Crippen LogP contribution < -0.4 is 5.43 Å². The van der Waals surface area contributed by atoms with E-state index in [1.807, 2.05) is 31.2 Å². The van der Waals surface area contributed by atoms with Gasteiger partial charge in [0.15, 0.2) is 0 Å². The van der Waals surface area contributed by atoms with E-state index in [9.17, 15) is 4.79 Å². The van der Waals surface area contributed by atoms with E-state index >= 15 is 0 Å². The van der Waals surface area contributed by atoms with Crippen LogP contribution in [0.25, 0.3) is 0 Å². The van der Waals surface area contributed by atoms with E-state index < -0.39 is 5.97 Å². The highest BCUT2D eigenvalue weighted by molar-refractivity contribution is 9.10. The molecule has 21 heavy (non-hydrogen) atoms. The van der Waals surface area contributed by atoms with Gasteiger partial charge in [0.05, 0.1) is 22.0 Å². The third-order valence-corrected chi connectivity index (χ3v) is 3.67. The first kappa shape index (κ1) is 15.5. The van der Waals surface area contributed by atoms with Gasteiger partial charge in [0.1, 0.15) is 0 Å². The molecule has 2 rings (SSSR count). The second-order valence-electron chi connectivity index (χ2n) is 4.32. The van der Waals surface area contributed by atoms with Gasteiger partial charge in [-0.3, -0.25) is 5.43 Å². The number of carboxylic acids is 1. The van der Waals surface area contributed by atoms with Crippen LogP contribution in [0.3, 0.4) is 0 Å². The van der Waals surface area contributed by atoms with Crippen molar-refractivity contribution in [2.45, 2.75) is 6.92 Å². The van der Waals surface area contributed by atoms with Crippen LogP contribution in [0.2, 0.25) is 5.02 Å². The molecule has 0 aliphatic carbocycles. The number of hydrazone groups is 1. The summed E-state index contributed by atoms with van der Waals surface area (Å²) in [5.74, 6) is -1.07. The lowest BCUT2D eigenvalue weighted by molar-refractivity contribution is 0.0697. The van der Waals surface area contributed by atoms with E-state index in [0.29, 0.717) is 5.69 Å². The first-order valence-electron chi connectivity index (χ1n) is 6.06. The average Bonchev–Trinajstić information content (AvgIpc) is 2.46. The highest BCUT2D eigenvalue weighted by atomic mass is 79.9. The van der Waals surface area contributed by atoms with E-state index in [2.05, 4.69) is 26.5 Å². The molecule has 0 amide bonds. The Morgan fingerprint density at radius 3 is 2.52 bits per heavy atom. The maximum absolute atomic E-state index is 11.0. The molecule has 0 bridgehead atoms. The van der Waals surface area contributed by atoms with E-state index in [-0.39, 0.29) is 10.6 Å². The number of nitrogens with zero attached hydrogens (tertiary/aromatic N) is 1. The molecule has 6 heteroatoms. The molecule has 0 heterocycles. The van der Waals surface area contributed by atoms with E-state index in [1.165, 1.54) is 12.1 Å². The molecule has 108 valence electrons. The number of carbonyl (C=O) groups is 1. The Bertz CT molecular complexity index is 699. The van der Waals surface area contributed by atoms with E-state index in [4.69, 9.17) is 16.7 Å². The molecule has 4 nitrogen and oxygen atoms in total. The molecule has 0 aliphatic heterocycles. The van der Waals surface area contributed by atoms with Crippen LogP contribution in [0.15, 0.2) is 52.0 Å². The van der Waals surface area contributed by atoms with Gasteiger partial charge in [-0.15, -0.1) is 0 Å². The van der Waals surface area contributed by atoms with Gasteiger partial charge in [0.2, 0.25) is 0 Å². The molecular formula is C15H12BrClN2O2. The van der Waals surface area contributed by atoms with Crippen LogP contribution >= 0.6 is 27.5 Å². The SMILES string of the molecule is CC(=NNc1ccc(Cl)c(C(=O)O)c1)c1ccc(Br)cc1. The van der Waals surface area contributed by atoms with Gasteiger partial charge in [-0.05, 0) is 42.8 Å². The lowest BCUT2D eigenvalue weighted by Gasteiger charge is -2.06. The van der Waals surface area contributed by atoms with E-state index in [1.54, 1.807) is 6.07 Å². The molecule has 0 saturated carbocycles. The molecule has 2 aromatic rings. The maximum Gasteiger partial charge on any atom is 0.337 e. The number of anilines is 1. The zero-order valence-corrected chi connectivity index (χ0v) is 13.4. The average molecular weight is 368 g/mol. The summed E-state index contributed by atoms with van der Waals surface area (Å²) in [5.41, 5.74) is 5.19. The summed E-state index contributed by atoms with van der Waals surface area (Å²) in [6.45, 7) is 1.87. The highest BCUT2D eigenvalue weighted by Gasteiger charge is 2.09. The van der Waals surface area contributed by atoms with Crippen LogP contribution in [0, 0.1) is 0 Å². The first-order valence-corrected chi connectivity index (χ1v) is 7.23. The minimum atomic E-state index is -1.07. The van der Waals surface area contributed by atoms with Crippen LogP contribution in [0.5, 0.6) is 0 Å². The predicted octanol–water partition coefficient (Wildman–Crippen LogP) is 4.64. The van der Waals surface area contributed by atoms with Crippen molar-refractivity contribution in [1.29, 1.82) is 0 Å². The van der Waals surface area contributed by atoms with Gasteiger partial charge in [-0.2, -0.15) is 5.10 Å². The molecule has 2 N–H and O–H groups in total. The summed E-state index contributed by atoms with van der Waals surface area (Å²) in [7, 11) is 0. The summed E-state index contributed by atoms with van der Waals surface area (Å²) in [6, 6.07) is 12.4. The summed E-state index contributed by atoms with van der Waals surface area (Å²) >= 11 is 9.19. The fourth-order valence-electron chi connectivity index (χ4n) is 1.66. The summed E-state index contributed by atoms with van der Waals surface area (Å²) in [5, 5.41) is 13.5. The molecule has 2 aromatic carbocycles. The van der Waals surface area contributed by atoms with Crippen molar-refractivity contribution in [2.75, 3.05) is 5.43 Å². The number of rotatable bonds is 4. The molecule has 0 fully saturated rings. The van der Waals surface area contributed by atoms with Crippen LogP contribution in [0.1, 0.15) is 22.8 Å². The van der Waals surface area contributed by atoms with Gasteiger partial charge in [0, 0.05) is 4.47 Å². The van der Waals surface area contributed by atoms with Crippen LogP contribution in [-0.2, 0) is 0 Å². The van der Waals surface area contributed by atoms with Crippen LogP contribution in [-0.4, -0.2) is 16.8 Å². The Kier molecular flexibility index (Phi) is 4.98. The minimum Gasteiger partial charge on any atom is -0.478 e. The molecule has 0 aromatic heterocycles. The normalized spacial score (nSPS) is 11.3. The predicted molar refractivity (Wildman–Crippen MR) is 88.4 cm³/mol. The Labute approximate surface area is 135 Å². The third-order valence-electron chi connectivity index (χ3n) is 2.81. The van der Waals surface area contributed by atoms with Crippen molar-refractivity contribution in [3.8, 4) is 0 Å². The van der Waals surface area contributed by atoms with Crippen molar-refractivity contribution in [2.24, 2.45) is 5.10 Å². The number of benzene rings is 2. The first-order chi connectivity index (χ1) is 9.97. The van der Waals surface area contributed by atoms with Gasteiger partial charge in [-0.1, -0.05) is 39.7 Å². The Morgan fingerprint density at radius 1 is 1.24 bits per heavy atom. The standard InChI is InChI=1S/C15H12BrClN2O2/c1-9(10-2-4-11(16)5-3-10)18-19-12-6-7-14(17)13(8-12)15(20)21/h2-8,19H,1H3,(H,20,21). The molecule has 0 aliphatic rings. The van der Waals surface area contributed by atoms with Crippen molar-refractivity contribution >= 4 is 44.9 Å². The fraction of sp³-hybridized carbons (Fsp3) is 0.0667. The number of aromatic carboxylic acids is 1. The molecule has 0 spiro atoms. The second kappa shape index (κ2) is 6.74. The van der Waals surface area contributed by atoms with Gasteiger partial charge in [0.25, 0.3) is 0 Å². The summed E-state index contributed by atoms with van der Waals surface area (Å²) in [6.07, 6.45) is 0. The lowest BCUT2D eigenvalue weighted by Crippen LogP contribution is -2.02. The number of hydrogen-bond acceptors (Lipinski definition) is 3. The fourth-order valence-corrected chi connectivity index (χ4v) is 2.13. The minimum absolute atomic E-state index is 0.0400. The molecule has 0 unspecified atom stereocenters. The second-order valence-corrected chi connectivity index (χ2v) is 5.64. The third kappa shape index (κ3) is 4.06. The smallest absolute Gasteiger partial charge is 0.337 e. The number of nitrogens with one attached hydrogen (secondary N) is 1. The monoisotopic (exact) mass is 366 g/mol. The number of hydrogen-bond donors (Lipinski definition) is 2. The Morgan fingerprint density at radius 2 is 1.90 bits per heavy atom. The quantitative estimate of drug-likeness (QED) is 0.611. The molecule has 0 radical (unpaired) electrons. The zero-order valence-electron chi connectivity index (χ0n) is 11.1. The number of halogens is 2. The van der Waals surface area contributed by atoms with Crippen LogP contribution in [0.4, 0.5) is 5.69 Å². The Hall–Kier alpha value is -1.85. The van der Waals surface area contributed by atoms with Gasteiger partial charge in [-0.25, -0.2) is 4.79 Å². The largest absolute Gasteiger partial charge is 0.478 e. The van der Waals surface area contributed by atoms with Gasteiger partial charge < -0.3 is 5.11 Å². The maximum atomic E-state index is 11.0. The Balaban J connectivity index is 2.18. The summed E-state index contributed by atoms with van der Waals surface area (Å²) in [4.78, 5) is 11.0. The number of carboxylic acid groups (broad SMARTS) is 1. The molecular weight excluding hydrogens is 356 g/mol.